The van der Waals surface area contributed by atoms with Gasteiger partial charge in [0.2, 0.25) is 0 Å². The lowest BCUT2D eigenvalue weighted by Gasteiger charge is -2.26. The Kier molecular flexibility index (Phi) is 5.00. The third kappa shape index (κ3) is 3.92. The van der Waals surface area contributed by atoms with E-state index in [2.05, 4.69) is 27.3 Å². The number of hydrogen-bond acceptors (Lipinski definition) is 4. The summed E-state index contributed by atoms with van der Waals surface area (Å²) in [6.45, 7) is 4.26. The van der Waals surface area contributed by atoms with Crippen LogP contribution in [0.1, 0.15) is 5.69 Å². The number of nitrogens with zero attached hydrogens (tertiary/aromatic N) is 2. The fourth-order valence-corrected chi connectivity index (χ4v) is 3.44. The summed E-state index contributed by atoms with van der Waals surface area (Å²) in [4.78, 5) is 18.0. The number of aromatic nitrogens is 1. The zero-order valence-corrected chi connectivity index (χ0v) is 14.9. The first-order valence-electron chi connectivity index (χ1n) is 8.98. The highest BCUT2D eigenvalue weighted by molar-refractivity contribution is 6.06. The molecule has 3 aromatic rings. The van der Waals surface area contributed by atoms with Crippen molar-refractivity contribution in [2.75, 3.05) is 31.6 Å². The number of carboxylic acid groups (broad SMARTS) is 1. The summed E-state index contributed by atoms with van der Waals surface area (Å²) in [6.07, 6.45) is 0.823. The smallest absolute Gasteiger partial charge is 0.409 e. The van der Waals surface area contributed by atoms with Gasteiger partial charge in [-0.05, 0) is 23.1 Å². The molecule has 0 aliphatic carbocycles. The third-order valence-corrected chi connectivity index (χ3v) is 4.79. The summed E-state index contributed by atoms with van der Waals surface area (Å²) >= 11 is 0. The van der Waals surface area contributed by atoms with Gasteiger partial charge in [0, 0.05) is 36.8 Å². The molecular weight excluding hydrogens is 342 g/mol. The maximum Gasteiger partial charge on any atom is 0.409 e. The van der Waals surface area contributed by atoms with Gasteiger partial charge in [0.05, 0.1) is 24.6 Å². The van der Waals surface area contributed by atoms with Crippen LogP contribution in [0.2, 0.25) is 0 Å². The zero-order chi connectivity index (χ0) is 18.6. The Morgan fingerprint density at radius 2 is 1.85 bits per heavy atom. The molecule has 0 unspecified atom stereocenters. The fraction of sp³-hybridized carbons (Fsp3) is 0.238. The van der Waals surface area contributed by atoms with E-state index in [1.54, 1.807) is 6.07 Å². The van der Waals surface area contributed by atoms with Crippen molar-refractivity contribution in [3.8, 4) is 11.1 Å². The quantitative estimate of drug-likeness (QED) is 0.737. The predicted molar refractivity (Wildman–Crippen MR) is 105 cm³/mol. The Morgan fingerprint density at radius 1 is 1.07 bits per heavy atom. The summed E-state index contributed by atoms with van der Waals surface area (Å²) < 4.78 is 5.38. The number of pyridine rings is 1. The molecule has 0 atom stereocenters. The summed E-state index contributed by atoms with van der Waals surface area (Å²) in [7, 11) is 0. The minimum absolute atomic E-state index is 0.582. The van der Waals surface area contributed by atoms with Crippen molar-refractivity contribution in [3.63, 3.8) is 0 Å². The van der Waals surface area contributed by atoms with Crippen LogP contribution >= 0.6 is 0 Å². The summed E-state index contributed by atoms with van der Waals surface area (Å²) in [5, 5.41) is 13.4. The van der Waals surface area contributed by atoms with Crippen molar-refractivity contribution in [1.29, 1.82) is 0 Å². The molecule has 0 spiro atoms. The Hall–Kier alpha value is -2.96. The van der Waals surface area contributed by atoms with Crippen molar-refractivity contribution >= 4 is 22.6 Å². The number of amides is 1. The van der Waals surface area contributed by atoms with E-state index in [1.165, 1.54) is 0 Å². The van der Waals surface area contributed by atoms with Gasteiger partial charge >= 0.3 is 6.09 Å². The van der Waals surface area contributed by atoms with Gasteiger partial charge in [0.15, 0.2) is 0 Å². The van der Waals surface area contributed by atoms with E-state index in [-0.39, 0.29) is 0 Å². The number of ether oxygens (including phenoxy) is 1. The minimum atomic E-state index is -1.07. The van der Waals surface area contributed by atoms with Crippen LogP contribution in [0.4, 0.5) is 10.5 Å². The number of rotatable bonds is 4. The van der Waals surface area contributed by atoms with Crippen molar-refractivity contribution in [3.05, 3.63) is 60.4 Å². The van der Waals surface area contributed by atoms with Gasteiger partial charge in [-0.25, -0.2) is 4.79 Å². The molecule has 6 heteroatoms. The molecular formula is C21H21N3O3. The van der Waals surface area contributed by atoms with Gasteiger partial charge in [-0.1, -0.05) is 36.4 Å². The van der Waals surface area contributed by atoms with E-state index in [0.29, 0.717) is 5.69 Å². The molecule has 1 saturated heterocycles. The van der Waals surface area contributed by atoms with E-state index < -0.39 is 6.09 Å². The Morgan fingerprint density at radius 3 is 2.56 bits per heavy atom. The normalized spacial score (nSPS) is 15.0. The van der Waals surface area contributed by atoms with E-state index in [0.717, 1.165) is 60.4 Å². The van der Waals surface area contributed by atoms with Crippen LogP contribution in [0.15, 0.2) is 54.7 Å². The Balaban J connectivity index is 1.63. The lowest BCUT2D eigenvalue weighted by molar-refractivity contribution is 0.0336. The van der Waals surface area contributed by atoms with Gasteiger partial charge in [-0.3, -0.25) is 15.2 Å². The standard InChI is InChI=1S/C21H21N3O3/c25-21(26)23-20-8-7-17(18-3-1-2-4-19(18)20)15-5-6-16(22-13-15)14-24-9-11-27-12-10-24/h1-8,13,23H,9-12,14H2,(H,25,26). The molecule has 27 heavy (non-hydrogen) atoms. The number of benzene rings is 2. The molecule has 2 aromatic carbocycles. The number of hydrogen-bond donors (Lipinski definition) is 2. The SMILES string of the molecule is O=C(O)Nc1ccc(-c2ccc(CN3CCOCC3)nc2)c2ccccc12. The Labute approximate surface area is 157 Å². The monoisotopic (exact) mass is 363 g/mol. The largest absolute Gasteiger partial charge is 0.465 e. The Bertz CT molecular complexity index is 951. The zero-order valence-electron chi connectivity index (χ0n) is 14.9. The highest BCUT2D eigenvalue weighted by Gasteiger charge is 2.12. The van der Waals surface area contributed by atoms with E-state index in [9.17, 15) is 4.79 Å². The van der Waals surface area contributed by atoms with Crippen molar-refractivity contribution in [2.45, 2.75) is 6.54 Å². The first-order chi connectivity index (χ1) is 13.2. The summed E-state index contributed by atoms with van der Waals surface area (Å²) in [6, 6.07) is 15.7. The van der Waals surface area contributed by atoms with Gasteiger partial charge < -0.3 is 9.84 Å². The van der Waals surface area contributed by atoms with Crippen LogP contribution in [-0.2, 0) is 11.3 Å². The van der Waals surface area contributed by atoms with Crippen LogP contribution in [0.25, 0.3) is 21.9 Å². The fourth-order valence-electron chi connectivity index (χ4n) is 3.44. The van der Waals surface area contributed by atoms with Gasteiger partial charge in [0.1, 0.15) is 0 Å². The van der Waals surface area contributed by atoms with Gasteiger partial charge in [-0.15, -0.1) is 0 Å². The molecule has 1 aliphatic rings. The second-order valence-electron chi connectivity index (χ2n) is 6.56. The molecule has 0 saturated carbocycles. The number of morpholine rings is 1. The molecule has 4 rings (SSSR count). The van der Waals surface area contributed by atoms with Crippen LogP contribution in [0.5, 0.6) is 0 Å². The highest BCUT2D eigenvalue weighted by atomic mass is 16.5. The van der Waals surface area contributed by atoms with Gasteiger partial charge in [-0.2, -0.15) is 0 Å². The first-order valence-corrected chi connectivity index (χ1v) is 8.98. The number of nitrogens with one attached hydrogen (secondary N) is 1. The molecule has 1 aromatic heterocycles. The summed E-state index contributed by atoms with van der Waals surface area (Å²) in [5.74, 6) is 0. The van der Waals surface area contributed by atoms with Crippen LogP contribution in [0.3, 0.4) is 0 Å². The van der Waals surface area contributed by atoms with Crippen LogP contribution < -0.4 is 5.32 Å². The number of anilines is 1. The average molecular weight is 363 g/mol. The molecule has 1 fully saturated rings. The van der Waals surface area contributed by atoms with Crippen molar-refractivity contribution in [2.24, 2.45) is 0 Å². The molecule has 1 amide bonds. The van der Waals surface area contributed by atoms with E-state index >= 15 is 0 Å². The lowest BCUT2D eigenvalue weighted by atomic mass is 9.98. The second kappa shape index (κ2) is 7.73. The topological polar surface area (TPSA) is 74.7 Å². The molecule has 1 aliphatic heterocycles. The molecule has 2 heterocycles. The maximum absolute atomic E-state index is 11.0. The number of carbonyl (C=O) groups is 1. The van der Waals surface area contributed by atoms with Crippen LogP contribution in [0, 0.1) is 0 Å². The lowest BCUT2D eigenvalue weighted by Crippen LogP contribution is -2.35. The third-order valence-electron chi connectivity index (χ3n) is 4.79. The minimum Gasteiger partial charge on any atom is -0.465 e. The summed E-state index contributed by atoms with van der Waals surface area (Å²) in [5.41, 5.74) is 3.67. The van der Waals surface area contributed by atoms with Crippen molar-refractivity contribution < 1.29 is 14.6 Å². The van der Waals surface area contributed by atoms with Gasteiger partial charge in [0.25, 0.3) is 0 Å². The second-order valence-corrected chi connectivity index (χ2v) is 6.56. The van der Waals surface area contributed by atoms with Crippen LogP contribution in [-0.4, -0.2) is 47.4 Å². The molecule has 0 radical (unpaired) electrons. The molecule has 2 N–H and O–H groups in total. The van der Waals surface area contributed by atoms with E-state index in [1.807, 2.05) is 36.5 Å². The first kappa shape index (κ1) is 17.5. The maximum atomic E-state index is 11.0. The number of fused-ring (bicyclic) bond motifs is 1. The highest BCUT2D eigenvalue weighted by Crippen LogP contribution is 2.33. The average Bonchev–Trinajstić information content (AvgIpc) is 2.69. The molecule has 0 bridgehead atoms. The molecule has 6 nitrogen and oxygen atoms in total. The van der Waals surface area contributed by atoms with E-state index in [4.69, 9.17) is 9.84 Å². The van der Waals surface area contributed by atoms with Crippen molar-refractivity contribution in [1.82, 2.24) is 9.88 Å². The molecule has 138 valence electrons. The predicted octanol–water partition coefficient (Wildman–Crippen LogP) is 3.82.